The van der Waals surface area contributed by atoms with Crippen LogP contribution in [0.1, 0.15) is 21.6 Å². The number of alkyl halides is 1. The minimum Gasteiger partial charge on any atom is -0.298 e. The van der Waals surface area contributed by atoms with E-state index in [2.05, 4.69) is 10.3 Å². The third kappa shape index (κ3) is 3.02. The summed E-state index contributed by atoms with van der Waals surface area (Å²) in [6, 6.07) is 5.20. The van der Waals surface area contributed by atoms with Gasteiger partial charge in [-0.3, -0.25) is 10.1 Å². The molecule has 1 amide bonds. The molecule has 0 aliphatic rings. The second-order valence-electron chi connectivity index (χ2n) is 3.69. The number of aryl methyl sites for hydroxylation is 1. The molecule has 0 unspecified atom stereocenters. The van der Waals surface area contributed by atoms with Gasteiger partial charge in [-0.1, -0.05) is 17.7 Å². The van der Waals surface area contributed by atoms with E-state index in [1.807, 2.05) is 18.4 Å². The first-order chi connectivity index (χ1) is 8.60. The second kappa shape index (κ2) is 5.69. The molecule has 94 valence electrons. The van der Waals surface area contributed by atoms with Crippen molar-refractivity contribution in [3.63, 3.8) is 0 Å². The van der Waals surface area contributed by atoms with Gasteiger partial charge in [0.1, 0.15) is 0 Å². The molecule has 0 aliphatic heterocycles. The van der Waals surface area contributed by atoms with Crippen molar-refractivity contribution in [3.8, 4) is 0 Å². The maximum atomic E-state index is 12.0. The number of rotatable bonds is 3. The Bertz CT molecular complexity index is 583. The number of nitrogens with zero attached hydrogens (tertiary/aromatic N) is 1. The van der Waals surface area contributed by atoms with Gasteiger partial charge in [0.25, 0.3) is 5.91 Å². The van der Waals surface area contributed by atoms with Crippen molar-refractivity contribution < 1.29 is 4.79 Å². The Balaban J connectivity index is 2.19. The van der Waals surface area contributed by atoms with E-state index in [4.69, 9.17) is 23.2 Å². The number of nitrogens with one attached hydrogen (secondary N) is 1. The highest BCUT2D eigenvalue weighted by atomic mass is 35.5. The Morgan fingerprint density at radius 2 is 2.28 bits per heavy atom. The predicted octanol–water partition coefficient (Wildman–Crippen LogP) is 4.10. The number of halogens is 2. The Morgan fingerprint density at radius 1 is 1.50 bits per heavy atom. The summed E-state index contributed by atoms with van der Waals surface area (Å²) in [6.45, 7) is 1.86. The summed E-state index contributed by atoms with van der Waals surface area (Å²) >= 11 is 12.9. The first-order valence-corrected chi connectivity index (χ1v) is 6.97. The van der Waals surface area contributed by atoms with Crippen molar-refractivity contribution >= 4 is 45.6 Å². The van der Waals surface area contributed by atoms with Crippen LogP contribution < -0.4 is 5.32 Å². The maximum Gasteiger partial charge on any atom is 0.257 e. The minimum atomic E-state index is -0.217. The molecule has 0 aliphatic carbocycles. The van der Waals surface area contributed by atoms with E-state index >= 15 is 0 Å². The number of amides is 1. The minimum absolute atomic E-state index is 0.217. The molecule has 0 saturated carbocycles. The predicted molar refractivity (Wildman–Crippen MR) is 75.8 cm³/mol. The van der Waals surface area contributed by atoms with Gasteiger partial charge in [-0.2, -0.15) is 0 Å². The average molecular weight is 301 g/mol. The van der Waals surface area contributed by atoms with Gasteiger partial charge >= 0.3 is 0 Å². The molecule has 0 atom stereocenters. The SMILES string of the molecule is Cc1ccc(Cl)cc1C(=O)Nc1nc(CCl)cs1. The fraction of sp³-hybridized carbons (Fsp3) is 0.167. The molecule has 3 nitrogen and oxygen atoms in total. The second-order valence-corrected chi connectivity index (χ2v) is 5.25. The zero-order valence-corrected chi connectivity index (χ0v) is 11.9. The monoisotopic (exact) mass is 300 g/mol. The van der Waals surface area contributed by atoms with E-state index in [0.29, 0.717) is 21.6 Å². The van der Waals surface area contributed by atoms with Gasteiger partial charge in [-0.25, -0.2) is 4.98 Å². The van der Waals surface area contributed by atoms with E-state index in [1.54, 1.807) is 12.1 Å². The molecule has 0 radical (unpaired) electrons. The molecule has 0 bridgehead atoms. The highest BCUT2D eigenvalue weighted by molar-refractivity contribution is 7.14. The van der Waals surface area contributed by atoms with Crippen LogP contribution in [0.25, 0.3) is 0 Å². The molecule has 2 aromatic rings. The van der Waals surface area contributed by atoms with Crippen molar-refractivity contribution in [2.45, 2.75) is 12.8 Å². The molecule has 1 aromatic heterocycles. The molecule has 0 spiro atoms. The van der Waals surface area contributed by atoms with Gasteiger partial charge in [0.15, 0.2) is 5.13 Å². The zero-order valence-electron chi connectivity index (χ0n) is 9.54. The average Bonchev–Trinajstić information content (AvgIpc) is 2.80. The first kappa shape index (κ1) is 13.3. The van der Waals surface area contributed by atoms with Crippen molar-refractivity contribution in [2.75, 3.05) is 5.32 Å². The van der Waals surface area contributed by atoms with Crippen LogP contribution in [0.2, 0.25) is 5.02 Å². The summed E-state index contributed by atoms with van der Waals surface area (Å²) in [4.78, 5) is 16.2. The van der Waals surface area contributed by atoms with Gasteiger partial charge in [0.2, 0.25) is 0 Å². The number of thiazole rings is 1. The normalized spacial score (nSPS) is 10.4. The lowest BCUT2D eigenvalue weighted by Gasteiger charge is -2.05. The highest BCUT2D eigenvalue weighted by Gasteiger charge is 2.11. The van der Waals surface area contributed by atoms with Crippen molar-refractivity contribution in [3.05, 3.63) is 45.4 Å². The molecule has 0 fully saturated rings. The van der Waals surface area contributed by atoms with Gasteiger partial charge < -0.3 is 0 Å². The number of carbonyl (C=O) groups excluding carboxylic acids is 1. The van der Waals surface area contributed by atoms with Crippen LogP contribution in [0, 0.1) is 6.92 Å². The number of hydrogen-bond donors (Lipinski definition) is 1. The Morgan fingerprint density at radius 3 is 2.94 bits per heavy atom. The van der Waals surface area contributed by atoms with Gasteiger partial charge in [-0.15, -0.1) is 22.9 Å². The van der Waals surface area contributed by atoms with E-state index < -0.39 is 0 Å². The molecule has 0 saturated heterocycles. The van der Waals surface area contributed by atoms with Crippen LogP contribution in [0.15, 0.2) is 23.6 Å². The van der Waals surface area contributed by atoms with Crippen LogP contribution in [-0.4, -0.2) is 10.9 Å². The number of anilines is 1. The summed E-state index contributed by atoms with van der Waals surface area (Å²) in [7, 11) is 0. The van der Waals surface area contributed by atoms with Crippen molar-refractivity contribution in [1.82, 2.24) is 4.98 Å². The van der Waals surface area contributed by atoms with Crippen molar-refractivity contribution in [1.29, 1.82) is 0 Å². The van der Waals surface area contributed by atoms with Crippen LogP contribution in [0.3, 0.4) is 0 Å². The van der Waals surface area contributed by atoms with Gasteiger partial charge in [0, 0.05) is 16.0 Å². The van der Waals surface area contributed by atoms with E-state index in [-0.39, 0.29) is 5.91 Å². The lowest BCUT2D eigenvalue weighted by atomic mass is 10.1. The third-order valence-corrected chi connectivity index (χ3v) is 3.67. The number of aromatic nitrogens is 1. The molecule has 6 heteroatoms. The third-order valence-electron chi connectivity index (χ3n) is 2.35. The number of hydrogen-bond acceptors (Lipinski definition) is 3. The standard InChI is InChI=1S/C12H10Cl2N2OS/c1-7-2-3-8(14)4-10(7)11(17)16-12-15-9(5-13)6-18-12/h2-4,6H,5H2,1H3,(H,15,16,17). The quantitative estimate of drug-likeness (QED) is 0.867. The smallest absolute Gasteiger partial charge is 0.257 e. The van der Waals surface area contributed by atoms with Crippen LogP contribution in [0.5, 0.6) is 0 Å². The highest BCUT2D eigenvalue weighted by Crippen LogP contribution is 2.20. The summed E-state index contributed by atoms with van der Waals surface area (Å²) in [5, 5.41) is 5.62. The number of carbonyl (C=O) groups is 1. The largest absolute Gasteiger partial charge is 0.298 e. The maximum absolute atomic E-state index is 12.0. The number of benzene rings is 1. The van der Waals surface area contributed by atoms with Crippen LogP contribution in [-0.2, 0) is 5.88 Å². The topological polar surface area (TPSA) is 42.0 Å². The first-order valence-electron chi connectivity index (χ1n) is 5.18. The summed E-state index contributed by atoms with van der Waals surface area (Å²) in [6.07, 6.45) is 0. The fourth-order valence-electron chi connectivity index (χ4n) is 1.43. The molecule has 2 rings (SSSR count). The van der Waals surface area contributed by atoms with E-state index in [1.165, 1.54) is 11.3 Å². The summed E-state index contributed by atoms with van der Waals surface area (Å²) in [5.74, 6) is 0.119. The van der Waals surface area contributed by atoms with E-state index in [9.17, 15) is 4.79 Å². The molecule has 18 heavy (non-hydrogen) atoms. The fourth-order valence-corrected chi connectivity index (χ4v) is 2.53. The lowest BCUT2D eigenvalue weighted by Crippen LogP contribution is -2.13. The van der Waals surface area contributed by atoms with Crippen molar-refractivity contribution in [2.24, 2.45) is 0 Å². The summed E-state index contributed by atoms with van der Waals surface area (Å²) < 4.78 is 0. The molecule has 1 N–H and O–H groups in total. The Hall–Kier alpha value is -1.10. The van der Waals surface area contributed by atoms with Crippen LogP contribution >= 0.6 is 34.5 Å². The Kier molecular flexibility index (Phi) is 4.22. The summed E-state index contributed by atoms with van der Waals surface area (Å²) in [5.41, 5.74) is 2.16. The van der Waals surface area contributed by atoms with Gasteiger partial charge in [-0.05, 0) is 24.6 Å². The van der Waals surface area contributed by atoms with Gasteiger partial charge in [0.05, 0.1) is 11.6 Å². The lowest BCUT2D eigenvalue weighted by molar-refractivity contribution is 0.102. The molecule has 1 heterocycles. The molecular formula is C12H10Cl2N2OS. The Labute approximate surface area is 119 Å². The zero-order chi connectivity index (χ0) is 13.1. The van der Waals surface area contributed by atoms with Crippen LogP contribution in [0.4, 0.5) is 5.13 Å². The van der Waals surface area contributed by atoms with E-state index in [0.717, 1.165) is 11.3 Å². The molecular weight excluding hydrogens is 291 g/mol. The molecule has 1 aromatic carbocycles.